The topological polar surface area (TPSA) is 95.2 Å². The van der Waals surface area contributed by atoms with Gasteiger partial charge in [0.05, 0.1) is 11.2 Å². The number of halogens is 3. The molecule has 1 atom stereocenters. The molecule has 2 aromatic heterocycles. The molecule has 3 aromatic rings. The fourth-order valence-electron chi connectivity index (χ4n) is 4.49. The first-order valence-corrected chi connectivity index (χ1v) is 11.4. The summed E-state index contributed by atoms with van der Waals surface area (Å²) in [4.78, 5) is 25.3. The molecule has 2 aliphatic heterocycles. The number of likely N-dealkylation sites (tertiary alicyclic amines) is 1. The maximum atomic E-state index is 13.9. The lowest BCUT2D eigenvalue weighted by Gasteiger charge is -2.24. The van der Waals surface area contributed by atoms with E-state index in [-0.39, 0.29) is 29.0 Å². The maximum Gasteiger partial charge on any atom is 0.419 e. The molecule has 3 N–H and O–H groups in total. The van der Waals surface area contributed by atoms with Gasteiger partial charge in [0, 0.05) is 49.0 Å². The van der Waals surface area contributed by atoms with E-state index in [4.69, 9.17) is 4.74 Å². The number of anilines is 1. The number of nitrogens with one attached hydrogen (secondary N) is 3. The van der Waals surface area contributed by atoms with E-state index in [2.05, 4.69) is 25.6 Å². The normalized spacial score (nSPS) is 18.9. The summed E-state index contributed by atoms with van der Waals surface area (Å²) in [6.07, 6.45) is 0.868. The van der Waals surface area contributed by atoms with Gasteiger partial charge in [-0.3, -0.25) is 0 Å². The van der Waals surface area contributed by atoms with Crippen molar-refractivity contribution in [1.82, 2.24) is 25.2 Å². The second-order valence-corrected chi connectivity index (χ2v) is 8.58. The Balaban J connectivity index is 1.51. The molecule has 2 saturated heterocycles. The van der Waals surface area contributed by atoms with Gasteiger partial charge in [0.15, 0.2) is 5.75 Å². The average molecular weight is 474 g/mol. The Labute approximate surface area is 193 Å². The van der Waals surface area contributed by atoms with Crippen LogP contribution >= 0.6 is 0 Å². The van der Waals surface area contributed by atoms with E-state index in [1.807, 2.05) is 0 Å². The first-order valence-electron chi connectivity index (χ1n) is 11.4. The van der Waals surface area contributed by atoms with Crippen LogP contribution in [0.25, 0.3) is 22.2 Å². The number of carbonyl (C=O) groups is 1. The van der Waals surface area contributed by atoms with E-state index in [0.717, 1.165) is 38.4 Å². The predicted molar refractivity (Wildman–Crippen MR) is 121 cm³/mol. The molecular weight excluding hydrogens is 449 g/mol. The number of carbonyl (C=O) groups excluding carboxylic acids is 1. The van der Waals surface area contributed by atoms with Gasteiger partial charge in [-0.25, -0.2) is 14.8 Å². The van der Waals surface area contributed by atoms with Crippen LogP contribution in [-0.4, -0.2) is 58.2 Å². The van der Waals surface area contributed by atoms with E-state index in [0.29, 0.717) is 30.5 Å². The van der Waals surface area contributed by atoms with Crippen molar-refractivity contribution in [3.8, 4) is 17.0 Å². The third-order valence-electron chi connectivity index (χ3n) is 6.22. The minimum atomic E-state index is -4.64. The zero-order chi connectivity index (χ0) is 23.7. The van der Waals surface area contributed by atoms with Crippen LogP contribution < -0.4 is 15.4 Å². The third-order valence-corrected chi connectivity index (χ3v) is 6.22. The lowest BCUT2D eigenvalue weighted by Crippen LogP contribution is -2.38. The highest BCUT2D eigenvalue weighted by Crippen LogP contribution is 2.40. The minimum absolute atomic E-state index is 0.0397. The van der Waals surface area contributed by atoms with Gasteiger partial charge in [-0.2, -0.15) is 13.2 Å². The SMILES string of the molecule is O=C(Oc1cccc2c(-c3nc(N[C@H]4CCCNC4)ncc3C(F)(F)F)c[nH]c12)N1CCCC1. The van der Waals surface area contributed by atoms with E-state index in [9.17, 15) is 18.0 Å². The summed E-state index contributed by atoms with van der Waals surface area (Å²) in [7, 11) is 0. The van der Waals surface area contributed by atoms with E-state index in [1.54, 1.807) is 23.1 Å². The number of H-pyrrole nitrogens is 1. The van der Waals surface area contributed by atoms with Crippen LogP contribution in [0.5, 0.6) is 5.75 Å². The molecule has 1 aromatic carbocycles. The number of fused-ring (bicyclic) bond motifs is 1. The molecule has 34 heavy (non-hydrogen) atoms. The van der Waals surface area contributed by atoms with E-state index >= 15 is 0 Å². The summed E-state index contributed by atoms with van der Waals surface area (Å²) in [5, 5.41) is 6.87. The molecule has 4 heterocycles. The molecule has 0 spiro atoms. The Morgan fingerprint density at radius 2 is 2.03 bits per heavy atom. The van der Waals surface area contributed by atoms with Crippen molar-refractivity contribution in [2.45, 2.75) is 37.9 Å². The van der Waals surface area contributed by atoms with Crippen molar-refractivity contribution in [2.24, 2.45) is 0 Å². The number of aromatic amines is 1. The van der Waals surface area contributed by atoms with Gasteiger partial charge in [0.2, 0.25) is 5.95 Å². The van der Waals surface area contributed by atoms with Crippen molar-refractivity contribution in [3.63, 3.8) is 0 Å². The van der Waals surface area contributed by atoms with Gasteiger partial charge in [0.1, 0.15) is 5.56 Å². The molecule has 0 saturated carbocycles. The number of nitrogens with zero attached hydrogens (tertiary/aromatic N) is 3. The van der Waals surface area contributed by atoms with Crippen LogP contribution in [0, 0.1) is 0 Å². The first-order chi connectivity index (χ1) is 16.4. The van der Waals surface area contributed by atoms with E-state index in [1.165, 1.54) is 6.20 Å². The first kappa shape index (κ1) is 22.5. The molecule has 2 aliphatic rings. The number of aromatic nitrogens is 3. The summed E-state index contributed by atoms with van der Waals surface area (Å²) >= 11 is 0. The predicted octanol–water partition coefficient (Wildman–Crippen LogP) is 4.40. The van der Waals surface area contributed by atoms with Crippen LogP contribution in [0.4, 0.5) is 23.9 Å². The largest absolute Gasteiger partial charge is 0.419 e. The van der Waals surface area contributed by atoms with Crippen molar-refractivity contribution in [3.05, 3.63) is 36.2 Å². The number of rotatable bonds is 4. The van der Waals surface area contributed by atoms with Crippen LogP contribution in [0.3, 0.4) is 0 Å². The zero-order valence-electron chi connectivity index (χ0n) is 18.4. The molecule has 180 valence electrons. The number of hydrogen-bond donors (Lipinski definition) is 3. The molecule has 11 heteroatoms. The monoisotopic (exact) mass is 474 g/mol. The second kappa shape index (κ2) is 9.13. The summed E-state index contributed by atoms with van der Waals surface area (Å²) in [5.74, 6) is 0.401. The molecule has 8 nitrogen and oxygen atoms in total. The van der Waals surface area contributed by atoms with Crippen LogP contribution in [0.1, 0.15) is 31.2 Å². The molecule has 1 amide bonds. The maximum absolute atomic E-state index is 13.9. The smallest absolute Gasteiger partial charge is 0.408 e. The van der Waals surface area contributed by atoms with Gasteiger partial charge in [-0.15, -0.1) is 0 Å². The molecule has 0 bridgehead atoms. The number of alkyl halides is 3. The van der Waals surface area contributed by atoms with Gasteiger partial charge >= 0.3 is 12.3 Å². The van der Waals surface area contributed by atoms with Crippen molar-refractivity contribution >= 4 is 22.9 Å². The molecular formula is C23H25F3N6O2. The molecule has 5 rings (SSSR count). The van der Waals surface area contributed by atoms with Gasteiger partial charge in [0.25, 0.3) is 0 Å². The average Bonchev–Trinajstić information content (AvgIpc) is 3.50. The van der Waals surface area contributed by atoms with Gasteiger partial charge in [-0.05, 0) is 38.3 Å². The number of piperidine rings is 1. The highest BCUT2D eigenvalue weighted by atomic mass is 19.4. The van der Waals surface area contributed by atoms with Crippen molar-refractivity contribution in [2.75, 3.05) is 31.5 Å². The lowest BCUT2D eigenvalue weighted by molar-refractivity contribution is -0.137. The highest BCUT2D eigenvalue weighted by molar-refractivity contribution is 5.99. The Bertz CT molecular complexity index is 1180. The fraction of sp³-hybridized carbons (Fsp3) is 0.435. The van der Waals surface area contributed by atoms with Crippen LogP contribution in [-0.2, 0) is 6.18 Å². The molecule has 0 unspecified atom stereocenters. The lowest BCUT2D eigenvalue weighted by atomic mass is 10.1. The number of benzene rings is 1. The van der Waals surface area contributed by atoms with Crippen molar-refractivity contribution in [1.29, 1.82) is 0 Å². The Morgan fingerprint density at radius 3 is 2.76 bits per heavy atom. The summed E-state index contributed by atoms with van der Waals surface area (Å²) in [6, 6.07) is 4.98. The summed E-state index contributed by atoms with van der Waals surface area (Å²) < 4.78 is 47.1. The standard InChI is InChI=1S/C23H25F3N6O2/c24-23(25,26)17-13-29-21(30-14-5-4-8-27-11-14)31-19(17)16-12-28-20-15(16)6-3-7-18(20)34-22(33)32-9-1-2-10-32/h3,6-7,12-14,27-28H,1-2,4-5,8-11H2,(H,29,30,31)/t14-/m0/s1. The summed E-state index contributed by atoms with van der Waals surface area (Å²) in [6.45, 7) is 2.87. The summed E-state index contributed by atoms with van der Waals surface area (Å²) in [5.41, 5.74) is -0.473. The Hall–Kier alpha value is -3.34. The molecule has 0 radical (unpaired) electrons. The number of ether oxygens (including phenoxy) is 1. The van der Waals surface area contributed by atoms with Crippen molar-refractivity contribution < 1.29 is 22.7 Å². The second-order valence-electron chi connectivity index (χ2n) is 8.58. The molecule has 2 fully saturated rings. The number of hydrogen-bond acceptors (Lipinski definition) is 6. The van der Waals surface area contributed by atoms with Crippen LogP contribution in [0.2, 0.25) is 0 Å². The van der Waals surface area contributed by atoms with Gasteiger partial charge < -0.3 is 25.3 Å². The van der Waals surface area contributed by atoms with E-state index < -0.39 is 17.8 Å². The zero-order valence-corrected chi connectivity index (χ0v) is 18.4. The third kappa shape index (κ3) is 4.52. The molecule has 0 aliphatic carbocycles. The number of para-hydroxylation sites is 1. The Kier molecular flexibility index (Phi) is 6.03. The highest BCUT2D eigenvalue weighted by Gasteiger charge is 2.36. The van der Waals surface area contributed by atoms with Crippen LogP contribution in [0.15, 0.2) is 30.6 Å². The quantitative estimate of drug-likeness (QED) is 0.519. The fourth-order valence-corrected chi connectivity index (χ4v) is 4.49. The van der Waals surface area contributed by atoms with Gasteiger partial charge in [-0.1, -0.05) is 12.1 Å². The Morgan fingerprint density at radius 1 is 1.21 bits per heavy atom. The number of amides is 1. The minimum Gasteiger partial charge on any atom is -0.408 e.